The van der Waals surface area contributed by atoms with Gasteiger partial charge >= 0.3 is 0 Å². The van der Waals surface area contributed by atoms with Crippen molar-refractivity contribution in [1.29, 1.82) is 0 Å². The highest BCUT2D eigenvalue weighted by molar-refractivity contribution is 6.36. The van der Waals surface area contributed by atoms with Crippen LogP contribution in [0.15, 0.2) is 78.8 Å². The van der Waals surface area contributed by atoms with Gasteiger partial charge in [-0.15, -0.1) is 0 Å². The molecule has 1 aromatic heterocycles. The molecule has 0 fully saturated rings. The summed E-state index contributed by atoms with van der Waals surface area (Å²) in [6, 6.07) is 18.9. The third-order valence-corrected chi connectivity index (χ3v) is 5.39. The number of fused-ring (bicyclic) bond motifs is 1. The van der Waals surface area contributed by atoms with Crippen LogP contribution in [-0.4, -0.2) is 11.6 Å². The number of benzene rings is 2. The molecule has 1 heterocycles. The van der Waals surface area contributed by atoms with Gasteiger partial charge in [-0.2, -0.15) is 4.57 Å². The molecule has 1 aliphatic rings. The van der Waals surface area contributed by atoms with Crippen LogP contribution in [-0.2, 0) is 6.42 Å². The number of hydrogen-bond acceptors (Lipinski definition) is 3. The molecule has 4 nitrogen and oxygen atoms in total. The number of carbonyl (C=O) groups excluding carboxylic acids is 2. The number of rotatable bonds is 6. The number of carbonyl (C=O) groups is 2. The summed E-state index contributed by atoms with van der Waals surface area (Å²) in [6.45, 7) is 4.16. The van der Waals surface area contributed by atoms with Gasteiger partial charge in [0.25, 0.3) is 11.5 Å². The molecular weight excluding hydrogens is 499 g/mol. The lowest BCUT2D eigenvalue weighted by Gasteiger charge is -2.18. The van der Waals surface area contributed by atoms with Crippen LogP contribution in [0.3, 0.4) is 0 Å². The predicted molar refractivity (Wildman–Crippen MR) is 118 cm³/mol. The van der Waals surface area contributed by atoms with E-state index in [1.54, 1.807) is 28.8 Å². The monoisotopic (exact) mass is 524 g/mol. The number of ketones is 2. The highest BCUT2D eigenvalue weighted by Gasteiger charge is 2.38. The summed E-state index contributed by atoms with van der Waals surface area (Å²) in [5, 5.41) is 3.24. The van der Waals surface area contributed by atoms with Crippen molar-refractivity contribution in [3.8, 4) is 0 Å². The molecular formula is C26H25IN2O2. The maximum Gasteiger partial charge on any atom is 0.286 e. The van der Waals surface area contributed by atoms with E-state index in [9.17, 15) is 9.59 Å². The molecule has 0 spiro atoms. The van der Waals surface area contributed by atoms with Gasteiger partial charge in [-0.3, -0.25) is 9.59 Å². The molecule has 0 amide bonds. The summed E-state index contributed by atoms with van der Waals surface area (Å²) in [5.74, 6) is -0.343. The minimum atomic E-state index is -0.177. The number of unbranched alkanes of at least 4 members (excludes halogenated alkanes) is 1. The molecule has 0 aliphatic heterocycles. The fourth-order valence-electron chi connectivity index (χ4n) is 3.65. The van der Waals surface area contributed by atoms with E-state index in [1.807, 2.05) is 43.6 Å². The van der Waals surface area contributed by atoms with Crippen molar-refractivity contribution in [2.24, 2.45) is 0 Å². The van der Waals surface area contributed by atoms with Crippen molar-refractivity contribution in [2.75, 3.05) is 5.32 Å². The molecule has 0 saturated carbocycles. The van der Waals surface area contributed by atoms with Gasteiger partial charge in [-0.25, -0.2) is 0 Å². The minimum absolute atomic E-state index is 0. The first-order valence-corrected chi connectivity index (χ1v) is 10.4. The Morgan fingerprint density at radius 3 is 2.06 bits per heavy atom. The van der Waals surface area contributed by atoms with Crippen LogP contribution in [0.25, 0.3) is 5.70 Å². The van der Waals surface area contributed by atoms with Crippen molar-refractivity contribution in [1.82, 2.24) is 0 Å². The maximum absolute atomic E-state index is 13.3. The molecule has 0 atom stereocenters. The largest absolute Gasteiger partial charge is 1.00 e. The topological polar surface area (TPSA) is 50.1 Å². The SMILES string of the molecule is CCCCc1ccc(NC2=C([n+]3ccc(C)cc3)C(=O)c3ccccc3C2=O)cc1.[I-]. The molecule has 0 saturated heterocycles. The number of Topliss-reactive ketones (excluding diaryl/α,β-unsaturated/α-hetero) is 2. The van der Waals surface area contributed by atoms with E-state index in [1.165, 1.54) is 5.56 Å². The second-order valence-electron chi connectivity index (χ2n) is 7.64. The Hall–Kier alpha value is -2.80. The second kappa shape index (κ2) is 10.0. The van der Waals surface area contributed by atoms with E-state index in [4.69, 9.17) is 0 Å². The summed E-state index contributed by atoms with van der Waals surface area (Å²) >= 11 is 0. The molecule has 158 valence electrons. The Morgan fingerprint density at radius 1 is 0.839 bits per heavy atom. The molecule has 5 heteroatoms. The Labute approximate surface area is 200 Å². The number of anilines is 1. The summed E-state index contributed by atoms with van der Waals surface area (Å²) in [7, 11) is 0. The summed E-state index contributed by atoms with van der Waals surface area (Å²) < 4.78 is 1.72. The zero-order valence-electron chi connectivity index (χ0n) is 17.7. The van der Waals surface area contributed by atoms with Crippen LogP contribution in [0.2, 0.25) is 0 Å². The quantitative estimate of drug-likeness (QED) is 0.397. The highest BCUT2D eigenvalue weighted by atomic mass is 127. The Kier molecular flexibility index (Phi) is 7.38. The number of halogens is 1. The van der Waals surface area contributed by atoms with Gasteiger partial charge in [0.1, 0.15) is 0 Å². The fraction of sp³-hybridized carbons (Fsp3) is 0.192. The van der Waals surface area contributed by atoms with Gasteiger partial charge in [-0.05, 0) is 43.0 Å². The number of allylic oxidation sites excluding steroid dienone is 2. The molecule has 31 heavy (non-hydrogen) atoms. The van der Waals surface area contributed by atoms with Crippen molar-refractivity contribution in [2.45, 2.75) is 33.1 Å². The van der Waals surface area contributed by atoms with Gasteiger partial charge in [-0.1, -0.05) is 49.7 Å². The molecule has 0 bridgehead atoms. The third kappa shape index (κ3) is 4.77. The third-order valence-electron chi connectivity index (χ3n) is 5.39. The van der Waals surface area contributed by atoms with Crippen LogP contribution in [0, 0.1) is 6.92 Å². The van der Waals surface area contributed by atoms with Gasteiger partial charge in [0.2, 0.25) is 5.78 Å². The number of aromatic nitrogens is 1. The molecule has 4 rings (SSSR count). The van der Waals surface area contributed by atoms with Crippen LogP contribution >= 0.6 is 0 Å². The zero-order chi connectivity index (χ0) is 21.1. The molecule has 1 aliphatic carbocycles. The van der Waals surface area contributed by atoms with Gasteiger partial charge in [0.15, 0.2) is 18.1 Å². The van der Waals surface area contributed by atoms with Gasteiger partial charge in [0.05, 0.1) is 0 Å². The lowest BCUT2D eigenvalue weighted by molar-refractivity contribution is -0.577. The molecule has 3 aromatic rings. The van der Waals surface area contributed by atoms with E-state index in [0.29, 0.717) is 22.5 Å². The van der Waals surface area contributed by atoms with Gasteiger partial charge in [0, 0.05) is 28.9 Å². The maximum atomic E-state index is 13.3. The van der Waals surface area contributed by atoms with Crippen LogP contribution in [0.5, 0.6) is 0 Å². The molecule has 0 unspecified atom stereocenters. The predicted octanol–water partition coefficient (Wildman–Crippen LogP) is 1.99. The summed E-state index contributed by atoms with van der Waals surface area (Å²) in [6.07, 6.45) is 6.98. The van der Waals surface area contributed by atoms with Crippen LogP contribution < -0.4 is 33.9 Å². The number of hydrogen-bond donors (Lipinski definition) is 1. The van der Waals surface area contributed by atoms with E-state index in [2.05, 4.69) is 24.4 Å². The Balaban J connectivity index is 0.00000272. The molecule has 0 radical (unpaired) electrons. The lowest BCUT2D eigenvalue weighted by atomic mass is 9.90. The van der Waals surface area contributed by atoms with E-state index in [-0.39, 0.29) is 35.5 Å². The van der Waals surface area contributed by atoms with Gasteiger partial charge < -0.3 is 29.3 Å². The standard InChI is InChI=1S/C26H24N2O2.HI/c1-3-4-7-19-10-12-20(13-11-19)27-23-24(28-16-14-18(2)15-17-28)26(30)22-9-6-5-8-21(22)25(23)29;/h5-6,8-17H,3-4,7H2,1-2H3;1H. The number of pyridine rings is 1. The average molecular weight is 524 g/mol. The highest BCUT2D eigenvalue weighted by Crippen LogP contribution is 2.27. The normalized spacial score (nSPS) is 13.0. The molecule has 1 N–H and O–H groups in total. The Morgan fingerprint density at radius 2 is 1.45 bits per heavy atom. The van der Waals surface area contributed by atoms with E-state index >= 15 is 0 Å². The zero-order valence-corrected chi connectivity index (χ0v) is 19.8. The second-order valence-corrected chi connectivity index (χ2v) is 7.64. The smallest absolute Gasteiger partial charge is 0.286 e. The Bertz CT molecular complexity index is 1130. The number of nitrogens with zero attached hydrogens (tertiary/aromatic N) is 1. The van der Waals surface area contributed by atoms with Crippen molar-refractivity contribution in [3.05, 3.63) is 101 Å². The van der Waals surface area contributed by atoms with Crippen LogP contribution in [0.1, 0.15) is 51.6 Å². The summed E-state index contributed by atoms with van der Waals surface area (Å²) in [4.78, 5) is 26.7. The number of nitrogens with one attached hydrogen (secondary N) is 1. The van der Waals surface area contributed by atoms with Crippen LogP contribution in [0.4, 0.5) is 5.69 Å². The van der Waals surface area contributed by atoms with E-state index in [0.717, 1.165) is 30.5 Å². The first-order chi connectivity index (χ1) is 14.6. The first kappa shape index (κ1) is 22.9. The number of aryl methyl sites for hydroxylation is 2. The van der Waals surface area contributed by atoms with Crippen molar-refractivity contribution in [3.63, 3.8) is 0 Å². The summed E-state index contributed by atoms with van der Waals surface area (Å²) in [5.41, 5.74) is 4.64. The van der Waals surface area contributed by atoms with E-state index < -0.39 is 0 Å². The van der Waals surface area contributed by atoms with Crippen molar-refractivity contribution < 1.29 is 38.1 Å². The molecule has 2 aromatic carbocycles. The fourth-order valence-corrected chi connectivity index (χ4v) is 3.65. The average Bonchev–Trinajstić information content (AvgIpc) is 2.78. The minimum Gasteiger partial charge on any atom is -1.00 e. The first-order valence-electron chi connectivity index (χ1n) is 10.4. The lowest BCUT2D eigenvalue weighted by Crippen LogP contribution is -3.00. The van der Waals surface area contributed by atoms with Crippen molar-refractivity contribution >= 4 is 23.0 Å².